The van der Waals surface area contributed by atoms with Crippen LogP contribution in [0.2, 0.25) is 0 Å². The van der Waals surface area contributed by atoms with Gasteiger partial charge in [-0.3, -0.25) is 4.79 Å². The minimum atomic E-state index is -3.66. The van der Waals surface area contributed by atoms with Gasteiger partial charge in [0, 0.05) is 25.6 Å². The van der Waals surface area contributed by atoms with Gasteiger partial charge in [0.2, 0.25) is 15.9 Å². The molecule has 0 aliphatic carbocycles. The molecule has 2 rings (SSSR count). The normalized spacial score (nSPS) is 11.3. The molecular weight excluding hydrogens is 432 g/mol. The fourth-order valence-corrected chi connectivity index (χ4v) is 4.73. The minimum absolute atomic E-state index is 0.109. The average Bonchev–Trinajstić information content (AvgIpc) is 2.79. The molecule has 0 bridgehead atoms. The molecule has 0 saturated carbocycles. The van der Waals surface area contributed by atoms with Crippen molar-refractivity contribution >= 4 is 21.6 Å². The predicted octanol–water partition coefficient (Wildman–Crippen LogP) is 3.70. The SMILES string of the molecule is CCOc1ccc(S(=O)(=O)N(CC)CC)cc1NC(=O)CCc1cc(OC)cc(OC)c1. The van der Waals surface area contributed by atoms with Gasteiger partial charge in [0.1, 0.15) is 17.2 Å². The second kappa shape index (κ2) is 11.7. The van der Waals surface area contributed by atoms with E-state index in [1.54, 1.807) is 40.2 Å². The van der Waals surface area contributed by atoms with E-state index in [-0.39, 0.29) is 17.2 Å². The van der Waals surface area contributed by atoms with E-state index in [9.17, 15) is 13.2 Å². The Balaban J connectivity index is 2.22. The first kappa shape index (κ1) is 25.5. The number of carbonyl (C=O) groups excluding carboxylic acids is 1. The zero-order valence-electron chi connectivity index (χ0n) is 19.3. The smallest absolute Gasteiger partial charge is 0.243 e. The number of hydrogen-bond donors (Lipinski definition) is 1. The van der Waals surface area contributed by atoms with Crippen molar-refractivity contribution in [2.45, 2.75) is 38.5 Å². The number of hydrogen-bond acceptors (Lipinski definition) is 6. The molecule has 1 amide bonds. The number of amides is 1. The van der Waals surface area contributed by atoms with Crippen LogP contribution in [0.25, 0.3) is 0 Å². The number of methoxy groups -OCH3 is 2. The summed E-state index contributed by atoms with van der Waals surface area (Å²) in [5.74, 6) is 1.45. The molecule has 2 aromatic carbocycles. The Morgan fingerprint density at radius 2 is 1.59 bits per heavy atom. The van der Waals surface area contributed by atoms with Crippen molar-refractivity contribution < 1.29 is 27.4 Å². The van der Waals surface area contributed by atoms with Gasteiger partial charge in [-0.15, -0.1) is 0 Å². The Hall–Kier alpha value is -2.78. The molecule has 176 valence electrons. The van der Waals surface area contributed by atoms with E-state index in [2.05, 4.69) is 5.32 Å². The zero-order valence-corrected chi connectivity index (χ0v) is 20.1. The van der Waals surface area contributed by atoms with Gasteiger partial charge in [-0.1, -0.05) is 13.8 Å². The Bertz CT molecular complexity index is 997. The molecule has 8 nitrogen and oxygen atoms in total. The van der Waals surface area contributed by atoms with Crippen molar-refractivity contribution in [3.8, 4) is 17.2 Å². The van der Waals surface area contributed by atoms with Gasteiger partial charge in [0.15, 0.2) is 0 Å². The van der Waals surface area contributed by atoms with Crippen LogP contribution in [0.4, 0.5) is 5.69 Å². The first-order valence-electron chi connectivity index (χ1n) is 10.6. The third-order valence-corrected chi connectivity index (χ3v) is 6.97. The largest absolute Gasteiger partial charge is 0.497 e. The number of nitrogens with one attached hydrogen (secondary N) is 1. The van der Waals surface area contributed by atoms with Crippen molar-refractivity contribution in [3.05, 3.63) is 42.0 Å². The van der Waals surface area contributed by atoms with E-state index in [1.807, 2.05) is 19.1 Å². The monoisotopic (exact) mass is 464 g/mol. The summed E-state index contributed by atoms with van der Waals surface area (Å²) in [6.07, 6.45) is 0.649. The van der Waals surface area contributed by atoms with Crippen LogP contribution >= 0.6 is 0 Å². The lowest BCUT2D eigenvalue weighted by atomic mass is 10.1. The molecule has 0 unspecified atom stereocenters. The first-order chi connectivity index (χ1) is 15.3. The molecule has 0 fully saturated rings. The summed E-state index contributed by atoms with van der Waals surface area (Å²) in [6, 6.07) is 9.97. The molecule has 9 heteroatoms. The quantitative estimate of drug-likeness (QED) is 0.515. The lowest BCUT2D eigenvalue weighted by Crippen LogP contribution is -2.30. The van der Waals surface area contributed by atoms with Gasteiger partial charge in [-0.05, 0) is 49.2 Å². The van der Waals surface area contributed by atoms with E-state index < -0.39 is 10.0 Å². The first-order valence-corrected chi connectivity index (χ1v) is 12.0. The van der Waals surface area contributed by atoms with Crippen molar-refractivity contribution in [1.29, 1.82) is 0 Å². The maximum atomic E-state index is 12.9. The van der Waals surface area contributed by atoms with E-state index in [0.29, 0.717) is 49.1 Å². The summed E-state index contributed by atoms with van der Waals surface area (Å²) >= 11 is 0. The molecule has 0 aliphatic rings. The second-order valence-corrected chi connectivity index (χ2v) is 8.89. The van der Waals surface area contributed by atoms with E-state index >= 15 is 0 Å². The molecule has 32 heavy (non-hydrogen) atoms. The Morgan fingerprint density at radius 1 is 0.969 bits per heavy atom. The van der Waals surface area contributed by atoms with Crippen LogP contribution in [0.3, 0.4) is 0 Å². The van der Waals surface area contributed by atoms with Gasteiger partial charge in [-0.2, -0.15) is 4.31 Å². The molecule has 0 aliphatic heterocycles. The fraction of sp³-hybridized carbons (Fsp3) is 0.435. The molecule has 2 aromatic rings. The highest BCUT2D eigenvalue weighted by Gasteiger charge is 2.23. The molecule has 0 aromatic heterocycles. The van der Waals surface area contributed by atoms with Gasteiger partial charge >= 0.3 is 0 Å². The van der Waals surface area contributed by atoms with Crippen LogP contribution in [0.5, 0.6) is 17.2 Å². The summed E-state index contributed by atoms with van der Waals surface area (Å²) in [6.45, 7) is 6.49. The number of carbonyl (C=O) groups is 1. The number of sulfonamides is 1. The predicted molar refractivity (Wildman–Crippen MR) is 124 cm³/mol. The lowest BCUT2D eigenvalue weighted by Gasteiger charge is -2.20. The average molecular weight is 465 g/mol. The van der Waals surface area contributed by atoms with Crippen molar-refractivity contribution in [2.24, 2.45) is 0 Å². The highest BCUT2D eigenvalue weighted by Crippen LogP contribution is 2.30. The Kier molecular flexibility index (Phi) is 9.34. The standard InChI is InChI=1S/C23H32N2O6S/c1-6-25(7-2)32(27,28)20-10-11-22(31-8-3)21(16-20)24-23(26)12-9-17-13-18(29-4)15-19(14-17)30-5/h10-11,13-16H,6-9,12H2,1-5H3,(H,24,26). The maximum Gasteiger partial charge on any atom is 0.243 e. The van der Waals surface area contributed by atoms with E-state index in [0.717, 1.165) is 5.56 Å². The van der Waals surface area contributed by atoms with Gasteiger partial charge in [0.05, 0.1) is 31.4 Å². The number of benzene rings is 2. The third kappa shape index (κ3) is 6.37. The van der Waals surface area contributed by atoms with Crippen molar-refractivity contribution in [2.75, 3.05) is 39.2 Å². The molecule has 0 radical (unpaired) electrons. The molecule has 1 N–H and O–H groups in total. The third-order valence-electron chi connectivity index (χ3n) is 4.92. The Morgan fingerprint density at radius 3 is 2.12 bits per heavy atom. The second-order valence-electron chi connectivity index (χ2n) is 6.95. The van der Waals surface area contributed by atoms with Crippen molar-refractivity contribution in [3.63, 3.8) is 0 Å². The molecule has 0 atom stereocenters. The van der Waals surface area contributed by atoms with Crippen LogP contribution in [0.15, 0.2) is 41.3 Å². The van der Waals surface area contributed by atoms with Crippen LogP contribution in [0, 0.1) is 0 Å². The molecular formula is C23H32N2O6S. The van der Waals surface area contributed by atoms with Crippen LogP contribution in [0.1, 0.15) is 32.8 Å². The lowest BCUT2D eigenvalue weighted by molar-refractivity contribution is -0.116. The number of anilines is 1. The summed E-state index contributed by atoms with van der Waals surface area (Å²) in [5, 5.41) is 2.80. The van der Waals surface area contributed by atoms with Gasteiger partial charge in [-0.25, -0.2) is 8.42 Å². The summed E-state index contributed by atoms with van der Waals surface area (Å²) < 4.78 is 43.2. The number of ether oxygens (including phenoxy) is 3. The zero-order chi connectivity index (χ0) is 23.7. The minimum Gasteiger partial charge on any atom is -0.497 e. The van der Waals surface area contributed by atoms with Crippen molar-refractivity contribution in [1.82, 2.24) is 4.31 Å². The highest BCUT2D eigenvalue weighted by atomic mass is 32.2. The summed E-state index contributed by atoms with van der Waals surface area (Å²) in [4.78, 5) is 12.8. The molecule has 0 saturated heterocycles. The fourth-order valence-electron chi connectivity index (χ4n) is 3.24. The van der Waals surface area contributed by atoms with E-state index in [1.165, 1.54) is 16.4 Å². The topological polar surface area (TPSA) is 94.2 Å². The summed E-state index contributed by atoms with van der Waals surface area (Å²) in [5.41, 5.74) is 1.22. The number of aryl methyl sites for hydroxylation is 1. The van der Waals surface area contributed by atoms with Crippen LogP contribution in [-0.2, 0) is 21.2 Å². The molecule has 0 spiro atoms. The summed E-state index contributed by atoms with van der Waals surface area (Å²) in [7, 11) is -0.525. The van der Waals surface area contributed by atoms with Gasteiger partial charge < -0.3 is 19.5 Å². The van der Waals surface area contributed by atoms with Crippen LogP contribution < -0.4 is 19.5 Å². The Labute approximate surface area is 190 Å². The van der Waals surface area contributed by atoms with Crippen LogP contribution in [-0.4, -0.2) is 52.5 Å². The number of nitrogens with zero attached hydrogens (tertiary/aromatic N) is 1. The maximum absolute atomic E-state index is 12.9. The highest BCUT2D eigenvalue weighted by molar-refractivity contribution is 7.89. The number of rotatable bonds is 12. The van der Waals surface area contributed by atoms with E-state index in [4.69, 9.17) is 14.2 Å². The molecule has 0 heterocycles. The van der Waals surface area contributed by atoms with Gasteiger partial charge in [0.25, 0.3) is 0 Å².